The van der Waals surface area contributed by atoms with Gasteiger partial charge in [0.05, 0.1) is 60.5 Å². The van der Waals surface area contributed by atoms with Gasteiger partial charge in [-0.2, -0.15) is 0 Å². The van der Waals surface area contributed by atoms with Gasteiger partial charge in [-0.3, -0.25) is 14.2 Å². The van der Waals surface area contributed by atoms with Crippen LogP contribution in [0.5, 0.6) is 0 Å². The van der Waals surface area contributed by atoms with Crippen LogP contribution in [-0.2, 0) is 11.3 Å². The Bertz CT molecular complexity index is 1370. The molecule has 3 N–H and O–H groups in total. The first-order valence-corrected chi connectivity index (χ1v) is 11.1. The molecule has 1 saturated heterocycles. The van der Waals surface area contributed by atoms with Crippen LogP contribution in [0.15, 0.2) is 55.2 Å². The number of carbonyl (C=O) groups is 1. The standard InChI is InChI=1S/C24H23N7O3/c32-14-16-13-30(7-8-34-16)15-1-4-21(26-9-15)29-19-3-2-17(18-10-28-24(33)23(18)19)20-11-27-22-12-25-5-6-31(20)22/h1-6,9,11-12,16,32H,7-8,10,13-14H2,(H,26,29)(H,28,33). The minimum Gasteiger partial charge on any atom is -0.394 e. The second-order valence-corrected chi connectivity index (χ2v) is 8.29. The van der Waals surface area contributed by atoms with Gasteiger partial charge in [0.1, 0.15) is 5.82 Å². The number of morpholine rings is 1. The maximum absolute atomic E-state index is 12.7. The van der Waals surface area contributed by atoms with Crippen molar-refractivity contribution in [1.29, 1.82) is 0 Å². The van der Waals surface area contributed by atoms with E-state index in [0.29, 0.717) is 36.8 Å². The van der Waals surface area contributed by atoms with Gasteiger partial charge in [-0.1, -0.05) is 6.07 Å². The Morgan fingerprint density at radius 2 is 2.12 bits per heavy atom. The molecule has 0 saturated carbocycles. The van der Waals surface area contributed by atoms with Crippen molar-refractivity contribution < 1.29 is 14.6 Å². The normalized spacial score (nSPS) is 17.6. The minimum absolute atomic E-state index is 0.00128. The Morgan fingerprint density at radius 1 is 1.18 bits per heavy atom. The van der Waals surface area contributed by atoms with Gasteiger partial charge in [-0.15, -0.1) is 0 Å². The first-order chi connectivity index (χ1) is 16.7. The monoisotopic (exact) mass is 457 g/mol. The molecule has 10 nitrogen and oxygen atoms in total. The predicted octanol–water partition coefficient (Wildman–Crippen LogP) is 1.98. The van der Waals surface area contributed by atoms with E-state index >= 15 is 0 Å². The van der Waals surface area contributed by atoms with Crippen molar-refractivity contribution >= 4 is 28.7 Å². The number of amides is 1. The zero-order valence-corrected chi connectivity index (χ0v) is 18.3. The average Bonchev–Trinajstić information content (AvgIpc) is 3.49. The molecule has 1 atom stereocenters. The van der Waals surface area contributed by atoms with Crippen LogP contribution < -0.4 is 15.5 Å². The van der Waals surface area contributed by atoms with E-state index in [1.165, 1.54) is 0 Å². The number of fused-ring (bicyclic) bond motifs is 2. The number of pyridine rings is 1. The van der Waals surface area contributed by atoms with Crippen molar-refractivity contribution in [2.75, 3.05) is 36.5 Å². The quantitative estimate of drug-likeness (QED) is 0.417. The van der Waals surface area contributed by atoms with Crippen molar-refractivity contribution in [2.45, 2.75) is 12.6 Å². The fraction of sp³-hybridized carbons (Fsp3) is 0.250. The first kappa shape index (κ1) is 20.6. The number of aliphatic hydroxyl groups is 1. The molecule has 0 radical (unpaired) electrons. The first-order valence-electron chi connectivity index (χ1n) is 11.1. The molecule has 0 spiro atoms. The summed E-state index contributed by atoms with van der Waals surface area (Å²) in [5, 5.41) is 15.6. The van der Waals surface area contributed by atoms with Gasteiger partial charge in [-0.25, -0.2) is 9.97 Å². The SMILES string of the molecule is O=C1NCc2c(-c3cnc4cnccn34)ccc(Nc3ccc(N4CCOC(CO)C4)cn3)c21. The van der Waals surface area contributed by atoms with Crippen molar-refractivity contribution in [1.82, 2.24) is 24.7 Å². The summed E-state index contributed by atoms with van der Waals surface area (Å²) in [6.07, 6.45) is 8.70. The molecule has 2 aliphatic heterocycles. The van der Waals surface area contributed by atoms with E-state index in [2.05, 4.69) is 30.5 Å². The van der Waals surface area contributed by atoms with E-state index in [9.17, 15) is 9.90 Å². The molecule has 1 aromatic carbocycles. The van der Waals surface area contributed by atoms with Gasteiger partial charge >= 0.3 is 0 Å². The highest BCUT2D eigenvalue weighted by atomic mass is 16.5. The highest BCUT2D eigenvalue weighted by Gasteiger charge is 2.27. The Kier molecular flexibility index (Phi) is 5.08. The number of imidazole rings is 1. The van der Waals surface area contributed by atoms with Crippen LogP contribution in [0.2, 0.25) is 0 Å². The van der Waals surface area contributed by atoms with Gasteiger partial charge in [0.25, 0.3) is 5.91 Å². The average molecular weight is 457 g/mol. The van der Waals surface area contributed by atoms with E-state index in [-0.39, 0.29) is 18.6 Å². The summed E-state index contributed by atoms with van der Waals surface area (Å²) < 4.78 is 7.49. The third kappa shape index (κ3) is 3.53. The molecule has 0 aliphatic carbocycles. The largest absolute Gasteiger partial charge is 0.394 e. The lowest BCUT2D eigenvalue weighted by atomic mass is 9.99. The number of aliphatic hydroxyl groups excluding tert-OH is 1. The summed E-state index contributed by atoms with van der Waals surface area (Å²) in [6.45, 7) is 2.39. The zero-order valence-electron chi connectivity index (χ0n) is 18.3. The maximum Gasteiger partial charge on any atom is 0.254 e. The number of aromatic nitrogens is 4. The lowest BCUT2D eigenvalue weighted by Gasteiger charge is -2.33. The molecule has 3 aromatic heterocycles. The van der Waals surface area contributed by atoms with Crippen LogP contribution in [0, 0.1) is 0 Å². The summed E-state index contributed by atoms with van der Waals surface area (Å²) in [5.41, 5.74) is 5.82. The van der Waals surface area contributed by atoms with Crippen LogP contribution in [0.1, 0.15) is 15.9 Å². The summed E-state index contributed by atoms with van der Waals surface area (Å²) in [6, 6.07) is 7.78. The second-order valence-electron chi connectivity index (χ2n) is 8.29. The van der Waals surface area contributed by atoms with Crippen LogP contribution in [0.3, 0.4) is 0 Å². The highest BCUT2D eigenvalue weighted by molar-refractivity contribution is 6.06. The van der Waals surface area contributed by atoms with Crippen molar-refractivity contribution in [2.24, 2.45) is 0 Å². The van der Waals surface area contributed by atoms with Crippen LogP contribution in [-0.4, -0.2) is 62.8 Å². The minimum atomic E-state index is -0.185. The number of benzene rings is 1. The van der Waals surface area contributed by atoms with E-state index < -0.39 is 0 Å². The molecule has 5 heterocycles. The Labute approximate surface area is 195 Å². The molecule has 1 unspecified atom stereocenters. The van der Waals surface area contributed by atoms with E-state index in [4.69, 9.17) is 4.74 Å². The predicted molar refractivity (Wildman–Crippen MR) is 126 cm³/mol. The second kappa shape index (κ2) is 8.40. The number of ether oxygens (including phenoxy) is 1. The molecular weight excluding hydrogens is 434 g/mol. The number of hydrogen-bond donors (Lipinski definition) is 3. The molecule has 1 fully saturated rings. The van der Waals surface area contributed by atoms with Gasteiger partial charge in [0.15, 0.2) is 5.65 Å². The Hall–Kier alpha value is -4.02. The van der Waals surface area contributed by atoms with E-state index in [0.717, 1.165) is 34.7 Å². The third-order valence-corrected chi connectivity index (χ3v) is 6.28. The van der Waals surface area contributed by atoms with Gasteiger partial charge in [0.2, 0.25) is 0 Å². The third-order valence-electron chi connectivity index (χ3n) is 6.28. The van der Waals surface area contributed by atoms with Crippen LogP contribution in [0.4, 0.5) is 17.2 Å². The Balaban J connectivity index is 1.29. The molecule has 2 aliphatic rings. The zero-order chi connectivity index (χ0) is 23.1. The van der Waals surface area contributed by atoms with Crippen molar-refractivity contribution in [3.05, 3.63) is 66.4 Å². The van der Waals surface area contributed by atoms with Crippen molar-refractivity contribution in [3.63, 3.8) is 0 Å². The smallest absolute Gasteiger partial charge is 0.254 e. The molecule has 4 aromatic rings. The Morgan fingerprint density at radius 3 is 2.97 bits per heavy atom. The number of hydrogen-bond acceptors (Lipinski definition) is 8. The van der Waals surface area contributed by atoms with Gasteiger partial charge in [-0.05, 0) is 23.8 Å². The molecule has 10 heteroatoms. The number of carbonyl (C=O) groups excluding carboxylic acids is 1. The summed E-state index contributed by atoms with van der Waals surface area (Å²) in [4.78, 5) is 28.0. The molecular formula is C24H23N7O3. The molecule has 1 amide bonds. The van der Waals surface area contributed by atoms with Crippen molar-refractivity contribution in [3.8, 4) is 11.3 Å². The number of anilines is 3. The fourth-order valence-electron chi connectivity index (χ4n) is 4.58. The lowest BCUT2D eigenvalue weighted by molar-refractivity contribution is 0.00355. The number of nitrogens with one attached hydrogen (secondary N) is 2. The summed E-state index contributed by atoms with van der Waals surface area (Å²) in [5.74, 6) is 0.529. The molecule has 0 bridgehead atoms. The highest BCUT2D eigenvalue weighted by Crippen LogP contribution is 2.35. The number of nitrogens with zero attached hydrogens (tertiary/aromatic N) is 5. The lowest BCUT2D eigenvalue weighted by Crippen LogP contribution is -2.44. The fourth-order valence-corrected chi connectivity index (χ4v) is 4.58. The maximum atomic E-state index is 12.7. The van der Waals surface area contributed by atoms with E-state index in [1.807, 2.05) is 34.9 Å². The molecule has 6 rings (SSSR count). The summed E-state index contributed by atoms with van der Waals surface area (Å²) in [7, 11) is 0. The van der Waals surface area contributed by atoms with E-state index in [1.54, 1.807) is 24.8 Å². The topological polar surface area (TPSA) is 117 Å². The number of rotatable bonds is 5. The van der Waals surface area contributed by atoms with Crippen LogP contribution in [0.25, 0.3) is 16.9 Å². The van der Waals surface area contributed by atoms with Crippen LogP contribution >= 0.6 is 0 Å². The summed E-state index contributed by atoms with van der Waals surface area (Å²) >= 11 is 0. The van der Waals surface area contributed by atoms with Gasteiger partial charge < -0.3 is 25.4 Å². The molecule has 172 valence electrons. The molecule has 34 heavy (non-hydrogen) atoms. The van der Waals surface area contributed by atoms with Gasteiger partial charge in [0, 0.05) is 37.6 Å².